The van der Waals surface area contributed by atoms with Crippen LogP contribution in [-0.2, 0) is 0 Å². The van der Waals surface area contributed by atoms with Crippen molar-refractivity contribution < 1.29 is 17.9 Å². The van der Waals surface area contributed by atoms with E-state index >= 15 is 0 Å². The summed E-state index contributed by atoms with van der Waals surface area (Å²) >= 11 is 0. The Labute approximate surface area is 126 Å². The molecule has 3 rings (SSSR count). The lowest BCUT2D eigenvalue weighted by Crippen LogP contribution is -2.49. The number of nitrogens with one attached hydrogen (secondary N) is 2. The number of halogens is 3. The van der Waals surface area contributed by atoms with Crippen LogP contribution in [-0.4, -0.2) is 49.3 Å². The molecule has 1 aromatic carbocycles. The predicted molar refractivity (Wildman–Crippen MR) is 78.1 cm³/mol. The number of alkyl halides is 3. The molecule has 0 spiro atoms. The lowest BCUT2D eigenvalue weighted by molar-refractivity contribution is -0.187. The van der Waals surface area contributed by atoms with Crippen LogP contribution in [0.4, 0.5) is 13.2 Å². The van der Waals surface area contributed by atoms with Crippen LogP contribution >= 0.6 is 0 Å². The van der Waals surface area contributed by atoms with Gasteiger partial charge in [-0.3, -0.25) is 4.90 Å². The van der Waals surface area contributed by atoms with E-state index in [1.165, 1.54) is 18.2 Å². The Bertz CT molecular complexity index is 647. The second-order valence-electron chi connectivity index (χ2n) is 5.39. The van der Waals surface area contributed by atoms with E-state index in [9.17, 15) is 13.2 Å². The third-order valence-corrected chi connectivity index (χ3v) is 4.04. The first-order valence-electron chi connectivity index (χ1n) is 7.17. The molecule has 1 aliphatic rings. The highest BCUT2D eigenvalue weighted by Gasteiger charge is 2.45. The number of aromatic amines is 1. The fraction of sp³-hybridized carbons (Fsp3) is 0.467. The number of hydrogen-bond acceptors (Lipinski definition) is 3. The average molecular weight is 313 g/mol. The van der Waals surface area contributed by atoms with Crippen LogP contribution in [0, 0.1) is 0 Å². The molecule has 22 heavy (non-hydrogen) atoms. The molecule has 0 saturated carbocycles. The van der Waals surface area contributed by atoms with Gasteiger partial charge >= 0.3 is 6.18 Å². The molecule has 1 aliphatic heterocycles. The Morgan fingerprint density at radius 1 is 1.23 bits per heavy atom. The minimum absolute atomic E-state index is 0.253. The summed E-state index contributed by atoms with van der Waals surface area (Å²) in [4.78, 5) is 4.42. The highest BCUT2D eigenvalue weighted by atomic mass is 19.4. The van der Waals surface area contributed by atoms with E-state index in [1.54, 1.807) is 18.2 Å². The van der Waals surface area contributed by atoms with Crippen molar-refractivity contribution in [1.82, 2.24) is 15.2 Å². The molecule has 120 valence electrons. The Hall–Kier alpha value is -1.73. The summed E-state index contributed by atoms with van der Waals surface area (Å²) in [6.07, 6.45) is -2.86. The Morgan fingerprint density at radius 3 is 2.59 bits per heavy atom. The van der Waals surface area contributed by atoms with Gasteiger partial charge in [0.15, 0.2) is 0 Å². The van der Waals surface area contributed by atoms with Crippen LogP contribution in [0.3, 0.4) is 0 Å². The van der Waals surface area contributed by atoms with Gasteiger partial charge in [0.2, 0.25) is 0 Å². The maximum Gasteiger partial charge on any atom is 0.408 e. The first kappa shape index (κ1) is 15.2. The summed E-state index contributed by atoms with van der Waals surface area (Å²) in [5, 5.41) is 3.64. The first-order chi connectivity index (χ1) is 10.5. The number of fused-ring (bicyclic) bond motifs is 1. The predicted octanol–water partition coefficient (Wildman–Crippen LogP) is 2.69. The van der Waals surface area contributed by atoms with Crippen molar-refractivity contribution in [3.8, 4) is 5.75 Å². The normalized spacial score (nSPS) is 18.5. The van der Waals surface area contributed by atoms with Crippen molar-refractivity contribution in [2.75, 3.05) is 33.3 Å². The molecule has 1 fully saturated rings. The number of methoxy groups -OCH3 is 1. The lowest BCUT2D eigenvalue weighted by Gasteiger charge is -2.35. The number of benzene rings is 1. The van der Waals surface area contributed by atoms with Crippen molar-refractivity contribution in [2.24, 2.45) is 0 Å². The molecule has 1 atom stereocenters. The molecule has 0 aliphatic carbocycles. The average Bonchev–Trinajstić information content (AvgIpc) is 2.90. The van der Waals surface area contributed by atoms with Crippen molar-refractivity contribution in [1.29, 1.82) is 0 Å². The van der Waals surface area contributed by atoms with Gasteiger partial charge < -0.3 is 15.0 Å². The molecule has 1 aromatic heterocycles. The lowest BCUT2D eigenvalue weighted by atomic mass is 10.0. The molecule has 2 N–H and O–H groups in total. The van der Waals surface area contributed by atoms with Crippen LogP contribution in [0.5, 0.6) is 5.75 Å². The van der Waals surface area contributed by atoms with Crippen LogP contribution in [0.25, 0.3) is 10.9 Å². The fourth-order valence-corrected chi connectivity index (χ4v) is 2.99. The van der Waals surface area contributed by atoms with E-state index in [2.05, 4.69) is 10.3 Å². The summed E-state index contributed by atoms with van der Waals surface area (Å²) in [5.74, 6) is 0.551. The van der Waals surface area contributed by atoms with E-state index in [1.807, 2.05) is 0 Å². The summed E-state index contributed by atoms with van der Waals surface area (Å²) in [6.45, 7) is 1.89. The van der Waals surface area contributed by atoms with Gasteiger partial charge in [-0.15, -0.1) is 0 Å². The fourth-order valence-electron chi connectivity index (χ4n) is 2.99. The standard InChI is InChI=1S/C15H18F3N3O/c1-22-10-2-3-13-11(8-10)12(9-20-13)14(15(16,17)18)21-6-4-19-5-7-21/h2-3,8-9,14,19-20H,4-7H2,1H3/t14-/m1/s1. The second-order valence-corrected chi connectivity index (χ2v) is 5.39. The molecule has 7 heteroatoms. The zero-order valence-electron chi connectivity index (χ0n) is 12.2. The molecule has 2 aromatic rings. The Balaban J connectivity index is 2.07. The molecule has 4 nitrogen and oxygen atoms in total. The molecule has 0 radical (unpaired) electrons. The van der Waals surface area contributed by atoms with Crippen molar-refractivity contribution in [2.45, 2.75) is 12.2 Å². The van der Waals surface area contributed by atoms with Gasteiger partial charge in [0.05, 0.1) is 7.11 Å². The molecule has 1 saturated heterocycles. The Morgan fingerprint density at radius 2 is 1.95 bits per heavy atom. The van der Waals surface area contributed by atoms with E-state index in [0.717, 1.165) is 0 Å². The molecule has 0 amide bonds. The zero-order valence-corrected chi connectivity index (χ0v) is 12.2. The van der Waals surface area contributed by atoms with Crippen LogP contribution in [0.1, 0.15) is 11.6 Å². The highest BCUT2D eigenvalue weighted by Crippen LogP contribution is 2.41. The first-order valence-corrected chi connectivity index (χ1v) is 7.17. The summed E-state index contributed by atoms with van der Waals surface area (Å²) in [6, 6.07) is 3.52. The van der Waals surface area contributed by atoms with Crippen LogP contribution in [0.15, 0.2) is 24.4 Å². The quantitative estimate of drug-likeness (QED) is 0.915. The smallest absolute Gasteiger partial charge is 0.408 e. The number of ether oxygens (including phenoxy) is 1. The molecular weight excluding hydrogens is 295 g/mol. The van der Waals surface area contributed by atoms with Gasteiger partial charge in [0.1, 0.15) is 11.8 Å². The monoisotopic (exact) mass is 313 g/mol. The Kier molecular flexibility index (Phi) is 4.01. The van der Waals surface area contributed by atoms with Gasteiger partial charge in [-0.2, -0.15) is 13.2 Å². The topological polar surface area (TPSA) is 40.3 Å². The third kappa shape index (κ3) is 2.78. The third-order valence-electron chi connectivity index (χ3n) is 4.04. The van der Waals surface area contributed by atoms with E-state index in [0.29, 0.717) is 42.8 Å². The van der Waals surface area contributed by atoms with Crippen LogP contribution in [0.2, 0.25) is 0 Å². The summed E-state index contributed by atoms with van der Waals surface area (Å²) < 4.78 is 46.2. The maximum absolute atomic E-state index is 13.7. The van der Waals surface area contributed by atoms with E-state index < -0.39 is 12.2 Å². The van der Waals surface area contributed by atoms with Gasteiger partial charge in [-0.05, 0) is 18.2 Å². The van der Waals surface area contributed by atoms with Gasteiger partial charge in [-0.1, -0.05) is 0 Å². The number of rotatable bonds is 3. The van der Waals surface area contributed by atoms with Crippen LogP contribution < -0.4 is 10.1 Å². The SMILES string of the molecule is COc1ccc2[nH]cc([C@@H](N3CCNCC3)C(F)(F)F)c2c1. The highest BCUT2D eigenvalue weighted by molar-refractivity contribution is 5.85. The molecule has 0 unspecified atom stereocenters. The number of nitrogens with zero attached hydrogens (tertiary/aromatic N) is 1. The number of aromatic nitrogens is 1. The summed E-state index contributed by atoms with van der Waals surface area (Å²) in [7, 11) is 1.51. The molecular formula is C15H18F3N3O. The number of H-pyrrole nitrogens is 1. The number of piperazine rings is 1. The maximum atomic E-state index is 13.7. The van der Waals surface area contributed by atoms with Crippen molar-refractivity contribution in [3.05, 3.63) is 30.0 Å². The van der Waals surface area contributed by atoms with Gasteiger partial charge in [0, 0.05) is 48.8 Å². The van der Waals surface area contributed by atoms with Crippen molar-refractivity contribution >= 4 is 10.9 Å². The minimum atomic E-state index is -4.32. The largest absolute Gasteiger partial charge is 0.497 e. The number of hydrogen-bond donors (Lipinski definition) is 2. The van der Waals surface area contributed by atoms with Gasteiger partial charge in [-0.25, -0.2) is 0 Å². The second kappa shape index (κ2) is 5.81. The van der Waals surface area contributed by atoms with E-state index in [-0.39, 0.29) is 5.56 Å². The van der Waals surface area contributed by atoms with Crippen molar-refractivity contribution in [3.63, 3.8) is 0 Å². The summed E-state index contributed by atoms with van der Waals surface area (Å²) in [5.41, 5.74) is 0.934. The molecule has 2 heterocycles. The van der Waals surface area contributed by atoms with Gasteiger partial charge in [0.25, 0.3) is 0 Å². The van der Waals surface area contributed by atoms with E-state index in [4.69, 9.17) is 4.74 Å². The minimum Gasteiger partial charge on any atom is -0.497 e. The molecule has 0 bridgehead atoms. The zero-order chi connectivity index (χ0) is 15.7.